The number of nitro benzene ring substituents is 1. The topological polar surface area (TPSA) is 104 Å². The number of hydrogen-bond donors (Lipinski definition) is 2. The molecule has 0 unspecified atom stereocenters. The number of aliphatic hydroxyl groups excluding tert-OH is 2. The summed E-state index contributed by atoms with van der Waals surface area (Å²) in [5.41, 5.74) is -0.847. The highest BCUT2D eigenvalue weighted by Crippen LogP contribution is 2.21. The van der Waals surface area contributed by atoms with Gasteiger partial charge in [0.2, 0.25) is 5.82 Å². The molecular weight excluding hydrogens is 259 g/mol. The molecule has 1 aliphatic rings. The fraction of sp³-hybridized carbons (Fsp3) is 0.364. The van der Waals surface area contributed by atoms with Gasteiger partial charge in [-0.2, -0.15) is 4.39 Å². The number of halogens is 1. The zero-order chi connectivity index (χ0) is 14.2. The van der Waals surface area contributed by atoms with E-state index in [0.29, 0.717) is 0 Å². The first-order chi connectivity index (χ1) is 8.90. The predicted molar refractivity (Wildman–Crippen MR) is 61.0 cm³/mol. The average Bonchev–Trinajstić information content (AvgIpc) is 2.69. The molecule has 1 aliphatic heterocycles. The minimum absolute atomic E-state index is 0.0607. The lowest BCUT2D eigenvalue weighted by Crippen LogP contribution is -2.29. The van der Waals surface area contributed by atoms with Gasteiger partial charge in [0.1, 0.15) is 0 Å². The van der Waals surface area contributed by atoms with Crippen LogP contribution < -0.4 is 0 Å². The number of β-amino-alcohol motifs (C(OH)–C–C–N with tert-alkyl or cyclic N) is 2. The number of nitrogens with zero attached hydrogens (tertiary/aromatic N) is 2. The highest BCUT2D eigenvalue weighted by atomic mass is 19.1. The highest BCUT2D eigenvalue weighted by molar-refractivity contribution is 5.95. The number of amides is 1. The molecule has 0 radical (unpaired) electrons. The lowest BCUT2D eigenvalue weighted by molar-refractivity contribution is -0.387. The summed E-state index contributed by atoms with van der Waals surface area (Å²) in [4.78, 5) is 22.8. The molecule has 1 amide bonds. The molecule has 1 aromatic carbocycles. The van der Waals surface area contributed by atoms with Crippen molar-refractivity contribution in [3.63, 3.8) is 0 Å². The van der Waals surface area contributed by atoms with E-state index in [0.717, 1.165) is 23.1 Å². The second kappa shape index (κ2) is 4.90. The fourth-order valence-corrected chi connectivity index (χ4v) is 1.90. The number of carbonyl (C=O) groups excluding carboxylic acids is 1. The maximum absolute atomic E-state index is 13.1. The summed E-state index contributed by atoms with van der Waals surface area (Å²) >= 11 is 0. The average molecular weight is 270 g/mol. The van der Waals surface area contributed by atoms with E-state index in [1.165, 1.54) is 0 Å². The second-order valence-corrected chi connectivity index (χ2v) is 4.27. The van der Waals surface area contributed by atoms with Crippen molar-refractivity contribution in [1.82, 2.24) is 4.90 Å². The van der Waals surface area contributed by atoms with E-state index < -0.39 is 34.5 Å². The van der Waals surface area contributed by atoms with E-state index in [1.807, 2.05) is 0 Å². The Kier molecular flexibility index (Phi) is 3.45. The van der Waals surface area contributed by atoms with Crippen molar-refractivity contribution in [2.75, 3.05) is 13.1 Å². The Hall–Kier alpha value is -2.06. The van der Waals surface area contributed by atoms with E-state index in [9.17, 15) is 29.5 Å². The maximum Gasteiger partial charge on any atom is 0.305 e. The molecule has 0 aliphatic carbocycles. The lowest BCUT2D eigenvalue weighted by atomic mass is 10.1. The van der Waals surface area contributed by atoms with E-state index in [4.69, 9.17) is 0 Å². The van der Waals surface area contributed by atoms with Crippen molar-refractivity contribution in [2.24, 2.45) is 0 Å². The number of benzene rings is 1. The summed E-state index contributed by atoms with van der Waals surface area (Å²) in [6.45, 7) is -0.129. The second-order valence-electron chi connectivity index (χ2n) is 4.27. The van der Waals surface area contributed by atoms with Crippen LogP contribution in [0.25, 0.3) is 0 Å². The number of aliphatic hydroxyl groups is 2. The monoisotopic (exact) mass is 270 g/mol. The number of carbonyl (C=O) groups is 1. The largest absolute Gasteiger partial charge is 0.388 e. The summed E-state index contributed by atoms with van der Waals surface area (Å²) in [6, 6.07) is 2.81. The Labute approximate surface area is 107 Å². The van der Waals surface area contributed by atoms with Gasteiger partial charge in [-0.3, -0.25) is 14.9 Å². The van der Waals surface area contributed by atoms with E-state index >= 15 is 0 Å². The Morgan fingerprint density at radius 2 is 1.95 bits per heavy atom. The Morgan fingerprint density at radius 1 is 1.37 bits per heavy atom. The van der Waals surface area contributed by atoms with Gasteiger partial charge in [-0.15, -0.1) is 0 Å². The zero-order valence-electron chi connectivity index (χ0n) is 9.69. The van der Waals surface area contributed by atoms with Gasteiger partial charge in [0.15, 0.2) is 0 Å². The molecule has 1 saturated heterocycles. The van der Waals surface area contributed by atoms with E-state index in [2.05, 4.69) is 0 Å². The van der Waals surface area contributed by atoms with Crippen molar-refractivity contribution in [1.29, 1.82) is 0 Å². The number of likely N-dealkylation sites (tertiary alicyclic amines) is 1. The third-order valence-corrected chi connectivity index (χ3v) is 2.94. The quantitative estimate of drug-likeness (QED) is 0.577. The summed E-state index contributed by atoms with van der Waals surface area (Å²) in [5.74, 6) is -1.62. The van der Waals surface area contributed by atoms with Crippen molar-refractivity contribution in [2.45, 2.75) is 12.2 Å². The molecule has 2 atom stereocenters. The van der Waals surface area contributed by atoms with Gasteiger partial charge in [0, 0.05) is 24.7 Å². The first-order valence-corrected chi connectivity index (χ1v) is 5.49. The Bertz CT molecular complexity index is 526. The molecule has 2 N–H and O–H groups in total. The van der Waals surface area contributed by atoms with E-state index in [-0.39, 0.29) is 18.7 Å². The van der Waals surface area contributed by atoms with Crippen LogP contribution in [0.5, 0.6) is 0 Å². The predicted octanol–water partition coefficient (Wildman–Crippen LogP) is -0.0885. The van der Waals surface area contributed by atoms with Crippen molar-refractivity contribution in [3.8, 4) is 0 Å². The minimum Gasteiger partial charge on any atom is -0.388 e. The molecular formula is C11H11FN2O5. The third kappa shape index (κ3) is 2.54. The number of rotatable bonds is 2. The number of hydrogen-bond acceptors (Lipinski definition) is 5. The van der Waals surface area contributed by atoms with Gasteiger partial charge in [0.25, 0.3) is 5.91 Å². The van der Waals surface area contributed by atoms with Crippen LogP contribution in [0.15, 0.2) is 18.2 Å². The lowest BCUT2D eigenvalue weighted by Gasteiger charge is -2.15. The zero-order valence-corrected chi connectivity index (χ0v) is 9.69. The maximum atomic E-state index is 13.1. The van der Waals surface area contributed by atoms with Crippen LogP contribution in [0.2, 0.25) is 0 Å². The van der Waals surface area contributed by atoms with Crippen molar-refractivity contribution < 1.29 is 24.3 Å². The van der Waals surface area contributed by atoms with Gasteiger partial charge in [0.05, 0.1) is 17.1 Å². The molecule has 0 spiro atoms. The smallest absolute Gasteiger partial charge is 0.305 e. The van der Waals surface area contributed by atoms with Crippen LogP contribution in [-0.2, 0) is 0 Å². The molecule has 19 heavy (non-hydrogen) atoms. The highest BCUT2D eigenvalue weighted by Gasteiger charge is 2.33. The van der Waals surface area contributed by atoms with Crippen molar-refractivity contribution in [3.05, 3.63) is 39.7 Å². The molecule has 0 aromatic heterocycles. The Morgan fingerprint density at radius 3 is 2.47 bits per heavy atom. The molecule has 1 heterocycles. The van der Waals surface area contributed by atoms with E-state index in [1.54, 1.807) is 0 Å². The molecule has 8 heteroatoms. The molecule has 0 bridgehead atoms. The summed E-state index contributed by atoms with van der Waals surface area (Å²) in [5, 5.41) is 29.3. The van der Waals surface area contributed by atoms with Crippen LogP contribution in [0.3, 0.4) is 0 Å². The number of nitro groups is 1. The SMILES string of the molecule is O=C(c1ccc(F)c([N+](=O)[O-])c1)N1C[C@@H](O)[C@@H](O)C1. The summed E-state index contributed by atoms with van der Waals surface area (Å²) < 4.78 is 13.1. The normalized spacial score (nSPS) is 22.6. The molecule has 102 valence electrons. The van der Waals surface area contributed by atoms with Crippen LogP contribution >= 0.6 is 0 Å². The molecule has 7 nitrogen and oxygen atoms in total. The Balaban J connectivity index is 2.25. The van der Waals surface area contributed by atoms with Gasteiger partial charge < -0.3 is 15.1 Å². The summed E-state index contributed by atoms with van der Waals surface area (Å²) in [7, 11) is 0. The van der Waals surface area contributed by atoms with Crippen LogP contribution in [0.4, 0.5) is 10.1 Å². The van der Waals surface area contributed by atoms with Gasteiger partial charge in [-0.05, 0) is 12.1 Å². The minimum atomic E-state index is -1.04. The van der Waals surface area contributed by atoms with Crippen LogP contribution in [0, 0.1) is 15.9 Å². The van der Waals surface area contributed by atoms with Crippen LogP contribution in [0.1, 0.15) is 10.4 Å². The van der Waals surface area contributed by atoms with Gasteiger partial charge >= 0.3 is 5.69 Å². The van der Waals surface area contributed by atoms with Crippen LogP contribution in [-0.4, -0.2) is 51.2 Å². The van der Waals surface area contributed by atoms with Gasteiger partial charge in [-0.25, -0.2) is 0 Å². The molecule has 2 rings (SSSR count). The molecule has 0 saturated carbocycles. The molecule has 1 aromatic rings. The first kappa shape index (κ1) is 13.4. The standard InChI is InChI=1S/C11H11FN2O5/c12-7-2-1-6(3-8(7)14(18)19)11(17)13-4-9(15)10(16)5-13/h1-3,9-10,15-16H,4-5H2/t9-,10+. The molecule has 1 fully saturated rings. The summed E-state index contributed by atoms with van der Waals surface area (Å²) in [6.07, 6.45) is -2.08. The third-order valence-electron chi connectivity index (χ3n) is 2.94. The van der Waals surface area contributed by atoms with Crippen molar-refractivity contribution >= 4 is 11.6 Å². The fourth-order valence-electron chi connectivity index (χ4n) is 1.90. The van der Waals surface area contributed by atoms with Gasteiger partial charge in [-0.1, -0.05) is 0 Å². The first-order valence-electron chi connectivity index (χ1n) is 5.49.